The first-order valence-electron chi connectivity index (χ1n) is 10.5. The topological polar surface area (TPSA) is 84.2 Å². The van der Waals surface area contributed by atoms with Gasteiger partial charge in [-0.25, -0.2) is 13.1 Å². The first-order chi connectivity index (χ1) is 14.8. The summed E-state index contributed by atoms with van der Waals surface area (Å²) < 4.78 is 29.9. The molecule has 0 N–H and O–H groups in total. The number of anilines is 1. The molecule has 0 bridgehead atoms. The van der Waals surface area contributed by atoms with Gasteiger partial charge in [-0.1, -0.05) is 26.0 Å². The molecule has 3 aromatic rings. The molecule has 0 atom stereocenters. The number of benzene rings is 1. The number of hydrogen-bond donors (Lipinski definition) is 0. The summed E-state index contributed by atoms with van der Waals surface area (Å²) in [7, 11) is -3.54. The Morgan fingerprint density at radius 2 is 1.58 bits per heavy atom. The molecule has 0 saturated carbocycles. The van der Waals surface area contributed by atoms with Gasteiger partial charge in [0.05, 0.1) is 10.6 Å². The van der Waals surface area contributed by atoms with Crippen LogP contribution in [0, 0.1) is 13.8 Å². The smallest absolute Gasteiger partial charge is 0.243 e. The third kappa shape index (κ3) is 4.33. The first kappa shape index (κ1) is 21.5. The van der Waals surface area contributed by atoms with Crippen LogP contribution in [-0.4, -0.2) is 58.9 Å². The molecule has 1 fully saturated rings. The third-order valence-corrected chi connectivity index (χ3v) is 7.69. The summed E-state index contributed by atoms with van der Waals surface area (Å²) in [6.45, 7) is 9.87. The molecule has 31 heavy (non-hydrogen) atoms. The van der Waals surface area contributed by atoms with Crippen molar-refractivity contribution in [2.75, 3.05) is 31.1 Å². The summed E-state index contributed by atoms with van der Waals surface area (Å²) >= 11 is 0. The zero-order valence-electron chi connectivity index (χ0n) is 18.4. The lowest BCUT2D eigenvalue weighted by Crippen LogP contribution is -2.49. The van der Waals surface area contributed by atoms with E-state index in [0.29, 0.717) is 36.9 Å². The van der Waals surface area contributed by atoms with Gasteiger partial charge in [0.15, 0.2) is 11.6 Å². The van der Waals surface area contributed by atoms with Crippen molar-refractivity contribution < 1.29 is 8.42 Å². The van der Waals surface area contributed by atoms with Gasteiger partial charge in [-0.15, -0.1) is 10.2 Å². The van der Waals surface area contributed by atoms with Gasteiger partial charge in [0.25, 0.3) is 0 Å². The highest BCUT2D eigenvalue weighted by molar-refractivity contribution is 7.89. The highest BCUT2D eigenvalue weighted by Crippen LogP contribution is 2.26. The molecular weight excluding hydrogens is 412 g/mol. The van der Waals surface area contributed by atoms with Crippen molar-refractivity contribution in [3.63, 3.8) is 0 Å². The molecule has 164 valence electrons. The van der Waals surface area contributed by atoms with E-state index in [2.05, 4.69) is 34.0 Å². The SMILES string of the molecule is Cc1ccn(-c2ccc(N3CCN(S(=O)(=O)c4cc(C(C)C)ccc4C)CC3)nn2)n1. The van der Waals surface area contributed by atoms with Crippen LogP contribution in [0.5, 0.6) is 0 Å². The second-order valence-electron chi connectivity index (χ2n) is 8.22. The van der Waals surface area contributed by atoms with Gasteiger partial charge in [-0.05, 0) is 55.2 Å². The van der Waals surface area contributed by atoms with Crippen molar-refractivity contribution in [1.82, 2.24) is 24.3 Å². The molecule has 0 spiro atoms. The normalized spacial score (nSPS) is 15.6. The molecular formula is C22H28N6O2S. The van der Waals surface area contributed by atoms with Crippen LogP contribution in [0.25, 0.3) is 5.82 Å². The van der Waals surface area contributed by atoms with Gasteiger partial charge in [-0.3, -0.25) is 0 Å². The molecule has 0 aliphatic carbocycles. The van der Waals surface area contributed by atoms with E-state index in [1.807, 2.05) is 56.4 Å². The van der Waals surface area contributed by atoms with Crippen molar-refractivity contribution in [2.45, 2.75) is 38.5 Å². The van der Waals surface area contributed by atoms with Crippen molar-refractivity contribution in [2.24, 2.45) is 0 Å². The van der Waals surface area contributed by atoms with Gasteiger partial charge in [0.2, 0.25) is 10.0 Å². The average Bonchev–Trinajstić information content (AvgIpc) is 3.20. The Labute approximate surface area is 183 Å². The number of rotatable bonds is 5. The minimum atomic E-state index is -3.54. The fourth-order valence-corrected chi connectivity index (χ4v) is 5.38. The van der Waals surface area contributed by atoms with Crippen LogP contribution in [0.15, 0.2) is 47.5 Å². The van der Waals surface area contributed by atoms with E-state index in [0.717, 1.165) is 22.6 Å². The average molecular weight is 441 g/mol. The lowest BCUT2D eigenvalue weighted by Gasteiger charge is -2.34. The van der Waals surface area contributed by atoms with E-state index >= 15 is 0 Å². The monoisotopic (exact) mass is 440 g/mol. The fourth-order valence-electron chi connectivity index (χ4n) is 3.70. The first-order valence-corrected chi connectivity index (χ1v) is 11.9. The molecule has 0 radical (unpaired) electrons. The molecule has 1 aliphatic rings. The van der Waals surface area contributed by atoms with Crippen molar-refractivity contribution >= 4 is 15.8 Å². The molecule has 0 amide bonds. The third-order valence-electron chi connectivity index (χ3n) is 5.65. The van der Waals surface area contributed by atoms with Gasteiger partial charge in [0.1, 0.15) is 0 Å². The molecule has 1 aromatic carbocycles. The summed E-state index contributed by atoms with van der Waals surface area (Å²) in [5, 5.41) is 12.9. The molecule has 3 heterocycles. The summed E-state index contributed by atoms with van der Waals surface area (Å²) in [6.07, 6.45) is 1.85. The maximum absolute atomic E-state index is 13.3. The van der Waals surface area contributed by atoms with Gasteiger partial charge in [-0.2, -0.15) is 9.40 Å². The van der Waals surface area contributed by atoms with Crippen LogP contribution < -0.4 is 4.90 Å². The quantitative estimate of drug-likeness (QED) is 0.607. The van der Waals surface area contributed by atoms with Crippen LogP contribution in [-0.2, 0) is 10.0 Å². The molecule has 9 heteroatoms. The van der Waals surface area contributed by atoms with Crippen molar-refractivity contribution in [3.05, 3.63) is 59.4 Å². The molecule has 2 aromatic heterocycles. The molecule has 1 aliphatic heterocycles. The summed E-state index contributed by atoms with van der Waals surface area (Å²) in [5.41, 5.74) is 2.73. The van der Waals surface area contributed by atoms with Crippen LogP contribution in [0.4, 0.5) is 5.82 Å². The highest BCUT2D eigenvalue weighted by atomic mass is 32.2. The van der Waals surface area contributed by atoms with Crippen LogP contribution in [0.1, 0.15) is 36.6 Å². The maximum atomic E-state index is 13.3. The van der Waals surface area contributed by atoms with Crippen LogP contribution >= 0.6 is 0 Å². The Kier molecular flexibility index (Phi) is 5.81. The number of aryl methyl sites for hydroxylation is 2. The number of aromatic nitrogens is 4. The van der Waals surface area contributed by atoms with Crippen LogP contribution in [0.3, 0.4) is 0 Å². The minimum Gasteiger partial charge on any atom is -0.352 e. The Bertz CT molecular complexity index is 1160. The predicted octanol–water partition coefficient (Wildman–Crippen LogP) is 2.91. The standard InChI is InChI=1S/C22H28N6O2S/c1-16(2)19-6-5-17(3)20(15-19)31(29,30)27-13-11-26(12-14-27)21-7-8-22(24-23-21)28-10-9-18(4)25-28/h5-10,15-16H,11-14H2,1-4H3. The van der Waals surface area contributed by atoms with Crippen molar-refractivity contribution in [3.8, 4) is 5.82 Å². The number of sulfonamides is 1. The minimum absolute atomic E-state index is 0.276. The predicted molar refractivity (Wildman–Crippen MR) is 120 cm³/mol. The lowest BCUT2D eigenvalue weighted by molar-refractivity contribution is 0.383. The van der Waals surface area contributed by atoms with E-state index in [1.54, 1.807) is 8.99 Å². The number of hydrogen-bond acceptors (Lipinski definition) is 6. The molecule has 8 nitrogen and oxygen atoms in total. The van der Waals surface area contributed by atoms with E-state index < -0.39 is 10.0 Å². The Morgan fingerprint density at radius 3 is 2.16 bits per heavy atom. The lowest BCUT2D eigenvalue weighted by atomic mass is 10.0. The summed E-state index contributed by atoms with van der Waals surface area (Å²) in [6, 6.07) is 11.4. The zero-order chi connectivity index (χ0) is 22.2. The largest absolute Gasteiger partial charge is 0.352 e. The Morgan fingerprint density at radius 1 is 0.903 bits per heavy atom. The van der Waals surface area contributed by atoms with Crippen LogP contribution in [0.2, 0.25) is 0 Å². The molecule has 4 rings (SSSR count). The summed E-state index contributed by atoms with van der Waals surface area (Å²) in [4.78, 5) is 2.47. The molecule has 1 saturated heterocycles. The highest BCUT2D eigenvalue weighted by Gasteiger charge is 2.30. The van der Waals surface area contributed by atoms with E-state index in [9.17, 15) is 8.42 Å². The van der Waals surface area contributed by atoms with Crippen molar-refractivity contribution in [1.29, 1.82) is 0 Å². The second-order valence-corrected chi connectivity index (χ2v) is 10.1. The Balaban J connectivity index is 1.46. The number of piperazine rings is 1. The van der Waals surface area contributed by atoms with E-state index in [4.69, 9.17) is 0 Å². The molecule has 0 unspecified atom stereocenters. The van der Waals surface area contributed by atoms with Gasteiger partial charge in [0, 0.05) is 32.4 Å². The Hall–Kier alpha value is -2.78. The maximum Gasteiger partial charge on any atom is 0.243 e. The fraction of sp³-hybridized carbons (Fsp3) is 0.409. The van der Waals surface area contributed by atoms with Gasteiger partial charge < -0.3 is 4.90 Å². The second kappa shape index (κ2) is 8.39. The van der Waals surface area contributed by atoms with E-state index in [-0.39, 0.29) is 5.92 Å². The number of nitrogens with zero attached hydrogens (tertiary/aromatic N) is 6. The summed E-state index contributed by atoms with van der Waals surface area (Å²) in [5.74, 6) is 1.67. The van der Waals surface area contributed by atoms with Gasteiger partial charge >= 0.3 is 0 Å². The van der Waals surface area contributed by atoms with E-state index in [1.165, 1.54) is 0 Å². The zero-order valence-corrected chi connectivity index (χ0v) is 19.2.